The third-order valence-electron chi connectivity index (χ3n) is 4.02. The summed E-state index contributed by atoms with van der Waals surface area (Å²) in [6, 6.07) is 0.471. The Kier molecular flexibility index (Phi) is 3.45. The van der Waals surface area contributed by atoms with E-state index in [0.717, 1.165) is 24.3 Å². The molecule has 0 aromatic carbocycles. The van der Waals surface area contributed by atoms with E-state index in [1.54, 1.807) is 0 Å². The summed E-state index contributed by atoms with van der Waals surface area (Å²) in [5.41, 5.74) is 6.03. The Morgan fingerprint density at radius 2 is 2.07 bits per heavy atom. The maximum absolute atomic E-state index is 6.03. The topological polar surface area (TPSA) is 38.0 Å². The zero-order chi connectivity index (χ0) is 9.97. The zero-order valence-corrected chi connectivity index (χ0v) is 9.34. The maximum Gasteiger partial charge on any atom is 0.00792 e. The van der Waals surface area contributed by atoms with Crippen LogP contribution in [0.3, 0.4) is 0 Å². The van der Waals surface area contributed by atoms with Crippen LogP contribution < -0.4 is 11.1 Å². The second-order valence-electron chi connectivity index (χ2n) is 5.33. The summed E-state index contributed by atoms with van der Waals surface area (Å²) in [6.07, 6.45) is 6.85. The molecule has 3 atom stereocenters. The van der Waals surface area contributed by atoms with Crippen LogP contribution in [0, 0.1) is 17.8 Å². The molecule has 0 aliphatic heterocycles. The Hall–Kier alpha value is -0.0800. The first-order valence-corrected chi connectivity index (χ1v) is 6.23. The lowest BCUT2D eigenvalue weighted by atomic mass is 10.0. The van der Waals surface area contributed by atoms with Gasteiger partial charge in [0.05, 0.1) is 0 Å². The highest BCUT2D eigenvalue weighted by atomic mass is 14.9. The van der Waals surface area contributed by atoms with Crippen LogP contribution in [-0.4, -0.2) is 19.1 Å². The van der Waals surface area contributed by atoms with Gasteiger partial charge in [0.25, 0.3) is 0 Å². The second-order valence-corrected chi connectivity index (χ2v) is 5.33. The van der Waals surface area contributed by atoms with Crippen molar-refractivity contribution < 1.29 is 0 Å². The molecule has 0 heterocycles. The van der Waals surface area contributed by atoms with Crippen LogP contribution in [0.1, 0.15) is 39.0 Å². The van der Waals surface area contributed by atoms with E-state index in [2.05, 4.69) is 12.2 Å². The van der Waals surface area contributed by atoms with Crippen LogP contribution in [0.25, 0.3) is 0 Å². The van der Waals surface area contributed by atoms with Crippen LogP contribution >= 0.6 is 0 Å². The van der Waals surface area contributed by atoms with Gasteiger partial charge in [-0.15, -0.1) is 0 Å². The summed E-state index contributed by atoms with van der Waals surface area (Å²) in [7, 11) is 0. The van der Waals surface area contributed by atoms with E-state index in [1.807, 2.05) is 0 Å². The van der Waals surface area contributed by atoms with Gasteiger partial charge in [0.15, 0.2) is 0 Å². The van der Waals surface area contributed by atoms with Crippen molar-refractivity contribution >= 4 is 0 Å². The molecule has 2 aliphatic carbocycles. The molecule has 0 radical (unpaired) electrons. The Morgan fingerprint density at radius 3 is 2.64 bits per heavy atom. The molecule has 2 nitrogen and oxygen atoms in total. The fraction of sp³-hybridized carbons (Fsp3) is 1.00. The van der Waals surface area contributed by atoms with Crippen LogP contribution in [-0.2, 0) is 0 Å². The molecule has 3 unspecified atom stereocenters. The summed E-state index contributed by atoms with van der Waals surface area (Å²) in [5.74, 6) is 2.66. The molecule has 0 spiro atoms. The van der Waals surface area contributed by atoms with Crippen molar-refractivity contribution in [2.45, 2.75) is 45.1 Å². The molecule has 2 heteroatoms. The van der Waals surface area contributed by atoms with E-state index in [4.69, 9.17) is 5.73 Å². The lowest BCUT2D eigenvalue weighted by Gasteiger charge is -2.18. The first-order chi connectivity index (χ1) is 6.77. The summed E-state index contributed by atoms with van der Waals surface area (Å²) in [5, 5.41) is 3.60. The summed E-state index contributed by atoms with van der Waals surface area (Å²) in [4.78, 5) is 0. The van der Waals surface area contributed by atoms with Gasteiger partial charge in [-0.3, -0.25) is 0 Å². The van der Waals surface area contributed by atoms with E-state index in [0.29, 0.717) is 6.04 Å². The SMILES string of the molecule is CC(CNCC1CCCC1N)C1CC1. The summed E-state index contributed by atoms with van der Waals surface area (Å²) >= 11 is 0. The number of nitrogens with one attached hydrogen (secondary N) is 1. The van der Waals surface area contributed by atoms with E-state index in [9.17, 15) is 0 Å². The molecule has 2 fully saturated rings. The molecule has 2 aliphatic rings. The standard InChI is InChI=1S/C12H24N2/c1-9(10-5-6-10)7-14-8-11-3-2-4-12(11)13/h9-12,14H,2-8,13H2,1H3. The molecule has 2 saturated carbocycles. The quantitative estimate of drug-likeness (QED) is 0.703. The molecular weight excluding hydrogens is 172 g/mol. The average molecular weight is 196 g/mol. The van der Waals surface area contributed by atoms with Gasteiger partial charge in [0, 0.05) is 6.04 Å². The van der Waals surface area contributed by atoms with Crippen molar-refractivity contribution in [3.05, 3.63) is 0 Å². The molecule has 3 N–H and O–H groups in total. The number of nitrogens with two attached hydrogens (primary N) is 1. The van der Waals surface area contributed by atoms with Crippen LogP contribution in [0.4, 0.5) is 0 Å². The van der Waals surface area contributed by atoms with Crippen molar-refractivity contribution in [3.8, 4) is 0 Å². The Balaban J connectivity index is 1.57. The van der Waals surface area contributed by atoms with Crippen molar-refractivity contribution in [1.29, 1.82) is 0 Å². The fourth-order valence-electron chi connectivity index (χ4n) is 2.65. The van der Waals surface area contributed by atoms with Gasteiger partial charge >= 0.3 is 0 Å². The fourth-order valence-corrected chi connectivity index (χ4v) is 2.65. The largest absolute Gasteiger partial charge is 0.327 e. The highest BCUT2D eigenvalue weighted by Gasteiger charge is 2.28. The minimum absolute atomic E-state index is 0.471. The lowest BCUT2D eigenvalue weighted by Crippen LogP contribution is -2.35. The van der Waals surface area contributed by atoms with Crippen molar-refractivity contribution in [2.75, 3.05) is 13.1 Å². The van der Waals surface area contributed by atoms with Crippen LogP contribution in [0.15, 0.2) is 0 Å². The van der Waals surface area contributed by atoms with Crippen LogP contribution in [0.5, 0.6) is 0 Å². The zero-order valence-electron chi connectivity index (χ0n) is 9.34. The molecule has 0 amide bonds. The van der Waals surface area contributed by atoms with Crippen molar-refractivity contribution in [1.82, 2.24) is 5.32 Å². The number of rotatable bonds is 5. The van der Waals surface area contributed by atoms with Gasteiger partial charge in [-0.05, 0) is 56.5 Å². The number of hydrogen-bond donors (Lipinski definition) is 2. The molecule has 0 aromatic heterocycles. The monoisotopic (exact) mass is 196 g/mol. The molecular formula is C12H24N2. The minimum Gasteiger partial charge on any atom is -0.327 e. The Bertz CT molecular complexity index is 177. The predicted molar refractivity (Wildman–Crippen MR) is 60.1 cm³/mol. The third-order valence-corrected chi connectivity index (χ3v) is 4.02. The minimum atomic E-state index is 0.471. The smallest absolute Gasteiger partial charge is 0.00792 e. The highest BCUT2D eigenvalue weighted by molar-refractivity contribution is 4.83. The Labute approximate surface area is 87.6 Å². The lowest BCUT2D eigenvalue weighted by molar-refractivity contribution is 0.399. The first-order valence-electron chi connectivity index (χ1n) is 6.23. The Morgan fingerprint density at radius 1 is 1.29 bits per heavy atom. The van der Waals surface area contributed by atoms with E-state index >= 15 is 0 Å². The van der Waals surface area contributed by atoms with Gasteiger partial charge in [0.2, 0.25) is 0 Å². The summed E-state index contributed by atoms with van der Waals surface area (Å²) in [6.45, 7) is 4.73. The molecule has 0 saturated heterocycles. The highest BCUT2D eigenvalue weighted by Crippen LogP contribution is 2.36. The van der Waals surface area contributed by atoms with Crippen molar-refractivity contribution in [2.24, 2.45) is 23.5 Å². The van der Waals surface area contributed by atoms with Gasteiger partial charge in [-0.2, -0.15) is 0 Å². The molecule has 0 bridgehead atoms. The van der Waals surface area contributed by atoms with Gasteiger partial charge in [-0.1, -0.05) is 13.3 Å². The molecule has 0 aromatic rings. The van der Waals surface area contributed by atoms with Gasteiger partial charge in [-0.25, -0.2) is 0 Å². The summed E-state index contributed by atoms with van der Waals surface area (Å²) < 4.78 is 0. The maximum atomic E-state index is 6.03. The van der Waals surface area contributed by atoms with Gasteiger partial charge in [0.1, 0.15) is 0 Å². The number of hydrogen-bond acceptors (Lipinski definition) is 2. The van der Waals surface area contributed by atoms with Gasteiger partial charge < -0.3 is 11.1 Å². The molecule has 2 rings (SSSR count). The van der Waals surface area contributed by atoms with E-state index < -0.39 is 0 Å². The van der Waals surface area contributed by atoms with E-state index in [1.165, 1.54) is 38.6 Å². The second kappa shape index (κ2) is 4.63. The van der Waals surface area contributed by atoms with Crippen LogP contribution in [0.2, 0.25) is 0 Å². The first kappa shape index (κ1) is 10.4. The predicted octanol–water partition coefficient (Wildman–Crippen LogP) is 1.75. The normalized spacial score (nSPS) is 34.7. The average Bonchev–Trinajstić information content (AvgIpc) is 2.93. The van der Waals surface area contributed by atoms with E-state index in [-0.39, 0.29) is 0 Å². The molecule has 14 heavy (non-hydrogen) atoms. The van der Waals surface area contributed by atoms with Crippen molar-refractivity contribution in [3.63, 3.8) is 0 Å². The molecule has 82 valence electrons. The third kappa shape index (κ3) is 2.71.